The Kier molecular flexibility index (Phi) is 4.24. The second kappa shape index (κ2) is 4.45. The van der Waals surface area contributed by atoms with Crippen LogP contribution in [0, 0.1) is 5.92 Å². The van der Waals surface area contributed by atoms with E-state index < -0.39 is 5.60 Å². The van der Waals surface area contributed by atoms with Gasteiger partial charge in [0, 0.05) is 13.0 Å². The second-order valence-electron chi connectivity index (χ2n) is 3.81. The third-order valence-corrected chi connectivity index (χ3v) is 1.56. The van der Waals surface area contributed by atoms with E-state index in [1.165, 1.54) is 0 Å². The van der Waals surface area contributed by atoms with Gasteiger partial charge in [0.25, 0.3) is 0 Å². The first-order valence-corrected chi connectivity index (χ1v) is 4.23. The standard InChI is InChI=1S/C9H18O3/c1-7(2)8(11)12-9(3,4)5-6-10/h7,10H,5-6H2,1-4H3. The number of ether oxygens (including phenoxy) is 1. The van der Waals surface area contributed by atoms with Crippen LogP contribution < -0.4 is 0 Å². The van der Waals surface area contributed by atoms with Gasteiger partial charge in [0.15, 0.2) is 0 Å². The van der Waals surface area contributed by atoms with Gasteiger partial charge < -0.3 is 9.84 Å². The van der Waals surface area contributed by atoms with Crippen LogP contribution in [0.4, 0.5) is 0 Å². The molecule has 0 aromatic heterocycles. The number of aliphatic hydroxyl groups excluding tert-OH is 1. The summed E-state index contributed by atoms with van der Waals surface area (Å²) in [6.45, 7) is 7.21. The SMILES string of the molecule is CC(C)C(=O)OC(C)(C)CCO. The maximum atomic E-state index is 11.1. The summed E-state index contributed by atoms with van der Waals surface area (Å²) in [6, 6.07) is 0. The van der Waals surface area contributed by atoms with Gasteiger partial charge in [-0.2, -0.15) is 0 Å². The highest BCUT2D eigenvalue weighted by molar-refractivity contribution is 5.71. The molecule has 0 spiro atoms. The van der Waals surface area contributed by atoms with Gasteiger partial charge >= 0.3 is 5.97 Å². The van der Waals surface area contributed by atoms with E-state index in [9.17, 15) is 4.79 Å². The predicted octanol–water partition coefficient (Wildman–Crippen LogP) is 1.35. The first-order valence-electron chi connectivity index (χ1n) is 4.23. The zero-order valence-electron chi connectivity index (χ0n) is 8.26. The molecule has 0 aromatic carbocycles. The van der Waals surface area contributed by atoms with Gasteiger partial charge in [-0.3, -0.25) is 4.79 Å². The Morgan fingerprint density at radius 3 is 2.33 bits per heavy atom. The summed E-state index contributed by atoms with van der Waals surface area (Å²) < 4.78 is 5.14. The molecule has 12 heavy (non-hydrogen) atoms. The number of rotatable bonds is 4. The first-order chi connectivity index (χ1) is 5.39. The van der Waals surface area contributed by atoms with Crippen LogP contribution in [0.1, 0.15) is 34.1 Å². The molecule has 0 bridgehead atoms. The molecule has 0 amide bonds. The molecule has 0 aliphatic rings. The molecule has 0 aliphatic heterocycles. The summed E-state index contributed by atoms with van der Waals surface area (Å²) >= 11 is 0. The number of hydrogen-bond acceptors (Lipinski definition) is 3. The van der Waals surface area contributed by atoms with E-state index >= 15 is 0 Å². The molecule has 0 atom stereocenters. The van der Waals surface area contributed by atoms with Gasteiger partial charge in [0.2, 0.25) is 0 Å². The zero-order valence-corrected chi connectivity index (χ0v) is 8.26. The van der Waals surface area contributed by atoms with Crippen molar-refractivity contribution in [1.82, 2.24) is 0 Å². The lowest BCUT2D eigenvalue weighted by Gasteiger charge is -2.25. The third-order valence-electron chi connectivity index (χ3n) is 1.56. The van der Waals surface area contributed by atoms with Gasteiger partial charge in [-0.25, -0.2) is 0 Å². The molecule has 0 unspecified atom stereocenters. The van der Waals surface area contributed by atoms with Crippen LogP contribution in [-0.4, -0.2) is 23.3 Å². The maximum absolute atomic E-state index is 11.1. The minimum absolute atomic E-state index is 0.0401. The fourth-order valence-corrected chi connectivity index (χ4v) is 0.710. The second-order valence-corrected chi connectivity index (χ2v) is 3.81. The van der Waals surface area contributed by atoms with Gasteiger partial charge in [0.05, 0.1) is 5.92 Å². The van der Waals surface area contributed by atoms with Crippen molar-refractivity contribution in [2.75, 3.05) is 6.61 Å². The van der Waals surface area contributed by atoms with Gasteiger partial charge in [-0.15, -0.1) is 0 Å². The van der Waals surface area contributed by atoms with Crippen molar-refractivity contribution in [3.05, 3.63) is 0 Å². The van der Waals surface area contributed by atoms with Crippen LogP contribution in [0.15, 0.2) is 0 Å². The Hall–Kier alpha value is -0.570. The van der Waals surface area contributed by atoms with Crippen molar-refractivity contribution in [2.45, 2.75) is 39.7 Å². The molecule has 0 aromatic rings. The van der Waals surface area contributed by atoms with Crippen LogP contribution in [0.5, 0.6) is 0 Å². The molecule has 3 nitrogen and oxygen atoms in total. The minimum Gasteiger partial charge on any atom is -0.459 e. The highest BCUT2D eigenvalue weighted by atomic mass is 16.6. The average molecular weight is 174 g/mol. The van der Waals surface area contributed by atoms with E-state index in [0.29, 0.717) is 6.42 Å². The quantitative estimate of drug-likeness (QED) is 0.654. The molecule has 0 rings (SSSR count). The monoisotopic (exact) mass is 174 g/mol. The highest BCUT2D eigenvalue weighted by Crippen LogP contribution is 2.15. The lowest BCUT2D eigenvalue weighted by atomic mass is 10.1. The van der Waals surface area contributed by atoms with E-state index in [4.69, 9.17) is 9.84 Å². The highest BCUT2D eigenvalue weighted by Gasteiger charge is 2.23. The third kappa shape index (κ3) is 4.34. The Labute approximate surface area is 73.7 Å². The predicted molar refractivity (Wildman–Crippen MR) is 46.7 cm³/mol. The zero-order chi connectivity index (χ0) is 9.78. The molecule has 0 fully saturated rings. The van der Waals surface area contributed by atoms with E-state index in [0.717, 1.165) is 0 Å². The van der Waals surface area contributed by atoms with Crippen molar-refractivity contribution in [3.63, 3.8) is 0 Å². The van der Waals surface area contributed by atoms with Crippen LogP contribution in [0.25, 0.3) is 0 Å². The lowest BCUT2D eigenvalue weighted by Crippen LogP contribution is -2.31. The van der Waals surface area contributed by atoms with Gasteiger partial charge in [-0.05, 0) is 13.8 Å². The van der Waals surface area contributed by atoms with Gasteiger partial charge in [-0.1, -0.05) is 13.8 Å². The molecular formula is C9H18O3. The lowest BCUT2D eigenvalue weighted by molar-refractivity contribution is -0.161. The summed E-state index contributed by atoms with van der Waals surface area (Å²) in [5.74, 6) is -0.323. The van der Waals surface area contributed by atoms with Crippen LogP contribution in [0.3, 0.4) is 0 Å². The van der Waals surface area contributed by atoms with Gasteiger partial charge in [0.1, 0.15) is 5.60 Å². The van der Waals surface area contributed by atoms with E-state index in [2.05, 4.69) is 0 Å². The molecule has 3 heteroatoms. The largest absolute Gasteiger partial charge is 0.459 e. The maximum Gasteiger partial charge on any atom is 0.308 e. The minimum atomic E-state index is -0.546. The summed E-state index contributed by atoms with van der Waals surface area (Å²) in [5.41, 5.74) is -0.546. The summed E-state index contributed by atoms with van der Waals surface area (Å²) in [4.78, 5) is 11.1. The Morgan fingerprint density at radius 1 is 1.50 bits per heavy atom. The fraction of sp³-hybridized carbons (Fsp3) is 0.889. The summed E-state index contributed by atoms with van der Waals surface area (Å²) in [6.07, 6.45) is 0.478. The van der Waals surface area contributed by atoms with Crippen molar-refractivity contribution in [2.24, 2.45) is 5.92 Å². The van der Waals surface area contributed by atoms with Crippen molar-refractivity contribution in [1.29, 1.82) is 0 Å². The Morgan fingerprint density at radius 2 is 2.00 bits per heavy atom. The molecule has 72 valence electrons. The van der Waals surface area contributed by atoms with E-state index in [-0.39, 0.29) is 18.5 Å². The van der Waals surface area contributed by atoms with Crippen molar-refractivity contribution < 1.29 is 14.6 Å². The number of hydrogen-bond donors (Lipinski definition) is 1. The molecule has 0 heterocycles. The average Bonchev–Trinajstić information content (AvgIpc) is 1.85. The smallest absolute Gasteiger partial charge is 0.308 e. The Bertz CT molecular complexity index is 150. The van der Waals surface area contributed by atoms with Crippen LogP contribution in [-0.2, 0) is 9.53 Å². The molecule has 0 aliphatic carbocycles. The fourth-order valence-electron chi connectivity index (χ4n) is 0.710. The number of esters is 1. The van der Waals surface area contributed by atoms with E-state index in [1.807, 2.05) is 0 Å². The first kappa shape index (κ1) is 11.4. The number of carbonyl (C=O) groups excluding carboxylic acids is 1. The molecular weight excluding hydrogens is 156 g/mol. The molecule has 1 N–H and O–H groups in total. The molecule has 0 saturated heterocycles. The van der Waals surface area contributed by atoms with Crippen LogP contribution in [0.2, 0.25) is 0 Å². The van der Waals surface area contributed by atoms with Crippen molar-refractivity contribution in [3.8, 4) is 0 Å². The molecule has 0 radical (unpaired) electrons. The number of aliphatic hydroxyl groups is 1. The Balaban J connectivity index is 3.96. The number of carbonyl (C=O) groups is 1. The molecule has 0 saturated carbocycles. The van der Waals surface area contributed by atoms with Crippen molar-refractivity contribution >= 4 is 5.97 Å². The topological polar surface area (TPSA) is 46.5 Å². The van der Waals surface area contributed by atoms with Crippen LogP contribution >= 0.6 is 0 Å². The summed E-state index contributed by atoms with van der Waals surface area (Å²) in [5, 5.41) is 8.66. The van der Waals surface area contributed by atoms with E-state index in [1.54, 1.807) is 27.7 Å². The normalized spacial score (nSPS) is 11.8. The summed E-state index contributed by atoms with van der Waals surface area (Å²) in [7, 11) is 0.